The Labute approximate surface area is 120 Å². The van der Waals surface area contributed by atoms with Crippen molar-refractivity contribution >= 4 is 5.91 Å². The van der Waals surface area contributed by atoms with Gasteiger partial charge in [-0.2, -0.15) is 0 Å². The van der Waals surface area contributed by atoms with Crippen molar-refractivity contribution in [2.45, 2.75) is 33.7 Å². The Hall–Kier alpha value is -2.09. The van der Waals surface area contributed by atoms with Crippen molar-refractivity contribution in [3.8, 4) is 11.1 Å². The van der Waals surface area contributed by atoms with E-state index in [9.17, 15) is 4.79 Å². The summed E-state index contributed by atoms with van der Waals surface area (Å²) in [5.74, 6) is -0.0152. The SMILES string of the molecule is Cc1ccc(-c2ccc(C(=O)NC(C)C)cc2C)cc1. The fourth-order valence-electron chi connectivity index (χ4n) is 2.21. The van der Waals surface area contributed by atoms with Gasteiger partial charge in [0.15, 0.2) is 0 Å². The lowest BCUT2D eigenvalue weighted by atomic mass is 9.97. The van der Waals surface area contributed by atoms with Gasteiger partial charge in [0.2, 0.25) is 0 Å². The molecular weight excluding hydrogens is 246 g/mol. The second-order valence-electron chi connectivity index (χ2n) is 5.52. The zero-order chi connectivity index (χ0) is 14.7. The number of benzene rings is 2. The number of hydrogen-bond acceptors (Lipinski definition) is 1. The van der Waals surface area contributed by atoms with E-state index in [0.717, 1.165) is 5.56 Å². The van der Waals surface area contributed by atoms with Crippen molar-refractivity contribution in [1.29, 1.82) is 0 Å². The average molecular weight is 267 g/mol. The van der Waals surface area contributed by atoms with Gasteiger partial charge in [0.05, 0.1) is 0 Å². The highest BCUT2D eigenvalue weighted by atomic mass is 16.1. The highest BCUT2D eigenvalue weighted by Gasteiger charge is 2.09. The summed E-state index contributed by atoms with van der Waals surface area (Å²) < 4.78 is 0. The van der Waals surface area contributed by atoms with Crippen molar-refractivity contribution < 1.29 is 4.79 Å². The summed E-state index contributed by atoms with van der Waals surface area (Å²) in [5.41, 5.74) is 5.44. The third kappa shape index (κ3) is 3.27. The zero-order valence-corrected chi connectivity index (χ0v) is 12.5. The summed E-state index contributed by atoms with van der Waals surface area (Å²) in [7, 11) is 0. The molecule has 1 amide bonds. The molecule has 2 nitrogen and oxygen atoms in total. The second-order valence-corrected chi connectivity index (χ2v) is 5.52. The van der Waals surface area contributed by atoms with Crippen molar-refractivity contribution in [2.24, 2.45) is 0 Å². The Morgan fingerprint density at radius 1 is 1.00 bits per heavy atom. The fraction of sp³-hybridized carbons (Fsp3) is 0.278. The van der Waals surface area contributed by atoms with E-state index >= 15 is 0 Å². The molecule has 0 aliphatic rings. The first kappa shape index (κ1) is 14.3. The molecule has 0 unspecified atom stereocenters. The van der Waals surface area contributed by atoms with Crippen molar-refractivity contribution in [3.63, 3.8) is 0 Å². The molecule has 0 radical (unpaired) electrons. The Morgan fingerprint density at radius 2 is 1.65 bits per heavy atom. The van der Waals surface area contributed by atoms with Gasteiger partial charge in [-0.15, -0.1) is 0 Å². The number of rotatable bonds is 3. The molecule has 2 aromatic rings. The van der Waals surface area contributed by atoms with E-state index in [0.29, 0.717) is 5.56 Å². The van der Waals surface area contributed by atoms with Gasteiger partial charge in [0.1, 0.15) is 0 Å². The summed E-state index contributed by atoms with van der Waals surface area (Å²) >= 11 is 0. The first-order valence-electron chi connectivity index (χ1n) is 6.96. The van der Waals surface area contributed by atoms with E-state index in [4.69, 9.17) is 0 Å². The molecule has 0 bridgehead atoms. The maximum absolute atomic E-state index is 12.0. The van der Waals surface area contributed by atoms with Crippen LogP contribution in [0, 0.1) is 13.8 Å². The third-order valence-corrected chi connectivity index (χ3v) is 3.27. The van der Waals surface area contributed by atoms with Crippen LogP contribution in [-0.2, 0) is 0 Å². The molecule has 0 fully saturated rings. The van der Waals surface area contributed by atoms with Gasteiger partial charge in [-0.05, 0) is 56.5 Å². The number of nitrogens with one attached hydrogen (secondary N) is 1. The van der Waals surface area contributed by atoms with Crippen LogP contribution in [0.3, 0.4) is 0 Å². The van der Waals surface area contributed by atoms with E-state index in [1.807, 2.05) is 39.0 Å². The molecule has 0 aromatic heterocycles. The van der Waals surface area contributed by atoms with Crippen LogP contribution in [0.5, 0.6) is 0 Å². The summed E-state index contributed by atoms with van der Waals surface area (Å²) in [5, 5.41) is 2.91. The molecule has 0 saturated heterocycles. The van der Waals surface area contributed by atoms with Crippen LogP contribution in [0.15, 0.2) is 42.5 Å². The van der Waals surface area contributed by atoms with Crippen LogP contribution in [0.25, 0.3) is 11.1 Å². The van der Waals surface area contributed by atoms with Crippen LogP contribution in [0.1, 0.15) is 35.3 Å². The van der Waals surface area contributed by atoms with Crippen LogP contribution in [-0.4, -0.2) is 11.9 Å². The molecule has 2 aromatic carbocycles. The maximum Gasteiger partial charge on any atom is 0.251 e. The highest BCUT2D eigenvalue weighted by molar-refractivity contribution is 5.95. The molecule has 0 aliphatic carbocycles. The minimum atomic E-state index is -0.0152. The molecule has 104 valence electrons. The molecule has 20 heavy (non-hydrogen) atoms. The second kappa shape index (κ2) is 5.91. The largest absolute Gasteiger partial charge is 0.350 e. The normalized spacial score (nSPS) is 10.7. The van der Waals surface area contributed by atoms with Crippen LogP contribution < -0.4 is 5.32 Å². The van der Waals surface area contributed by atoms with Crippen molar-refractivity contribution in [2.75, 3.05) is 0 Å². The van der Waals surface area contributed by atoms with E-state index in [-0.39, 0.29) is 11.9 Å². The number of carbonyl (C=O) groups excluding carboxylic acids is 1. The van der Waals surface area contributed by atoms with Gasteiger partial charge >= 0.3 is 0 Å². The lowest BCUT2D eigenvalue weighted by Gasteiger charge is -2.11. The average Bonchev–Trinajstić information content (AvgIpc) is 2.39. The van der Waals surface area contributed by atoms with Gasteiger partial charge < -0.3 is 5.32 Å². The fourth-order valence-corrected chi connectivity index (χ4v) is 2.21. The van der Waals surface area contributed by atoms with E-state index in [1.54, 1.807) is 0 Å². The number of hydrogen-bond donors (Lipinski definition) is 1. The Balaban J connectivity index is 2.30. The first-order chi connectivity index (χ1) is 9.47. The van der Waals surface area contributed by atoms with Crippen LogP contribution in [0.4, 0.5) is 0 Å². The lowest BCUT2D eigenvalue weighted by molar-refractivity contribution is 0.0943. The maximum atomic E-state index is 12.0. The van der Waals surface area contributed by atoms with Crippen LogP contribution in [0.2, 0.25) is 0 Å². The standard InChI is InChI=1S/C18H21NO/c1-12(2)19-18(20)16-9-10-17(14(4)11-16)15-7-5-13(3)6-8-15/h5-12H,1-4H3,(H,19,20). The number of aryl methyl sites for hydroxylation is 2. The van der Waals surface area contributed by atoms with Crippen molar-refractivity contribution in [3.05, 3.63) is 59.2 Å². The first-order valence-corrected chi connectivity index (χ1v) is 6.96. The summed E-state index contributed by atoms with van der Waals surface area (Å²) in [6.45, 7) is 8.05. The molecular formula is C18H21NO. The molecule has 0 aliphatic heterocycles. The van der Waals surface area contributed by atoms with E-state index in [1.165, 1.54) is 16.7 Å². The molecule has 1 N–H and O–H groups in total. The predicted octanol–water partition coefficient (Wildman–Crippen LogP) is 4.11. The topological polar surface area (TPSA) is 29.1 Å². The lowest BCUT2D eigenvalue weighted by Crippen LogP contribution is -2.30. The van der Waals surface area contributed by atoms with Crippen molar-refractivity contribution in [1.82, 2.24) is 5.32 Å². The molecule has 0 spiro atoms. The Kier molecular flexibility index (Phi) is 4.23. The molecule has 0 saturated carbocycles. The predicted molar refractivity (Wildman–Crippen MR) is 84.0 cm³/mol. The highest BCUT2D eigenvalue weighted by Crippen LogP contribution is 2.24. The minimum absolute atomic E-state index is 0.0152. The zero-order valence-electron chi connectivity index (χ0n) is 12.5. The summed E-state index contributed by atoms with van der Waals surface area (Å²) in [6, 6.07) is 14.5. The third-order valence-electron chi connectivity index (χ3n) is 3.27. The van der Waals surface area contributed by atoms with Gasteiger partial charge in [0, 0.05) is 11.6 Å². The summed E-state index contributed by atoms with van der Waals surface area (Å²) in [6.07, 6.45) is 0. The van der Waals surface area contributed by atoms with Crippen LogP contribution >= 0.6 is 0 Å². The minimum Gasteiger partial charge on any atom is -0.350 e. The molecule has 0 heterocycles. The summed E-state index contributed by atoms with van der Waals surface area (Å²) in [4.78, 5) is 12.0. The Bertz CT molecular complexity index is 612. The monoisotopic (exact) mass is 267 g/mol. The Morgan fingerprint density at radius 3 is 2.20 bits per heavy atom. The van der Waals surface area contributed by atoms with Gasteiger partial charge in [-0.25, -0.2) is 0 Å². The van der Waals surface area contributed by atoms with Gasteiger partial charge in [0.25, 0.3) is 5.91 Å². The quantitative estimate of drug-likeness (QED) is 0.891. The smallest absolute Gasteiger partial charge is 0.251 e. The molecule has 0 atom stereocenters. The van der Waals surface area contributed by atoms with Gasteiger partial charge in [-0.3, -0.25) is 4.79 Å². The van der Waals surface area contributed by atoms with E-state index in [2.05, 4.69) is 36.5 Å². The number of carbonyl (C=O) groups is 1. The van der Waals surface area contributed by atoms with E-state index < -0.39 is 0 Å². The molecule has 2 heteroatoms. The number of amides is 1. The van der Waals surface area contributed by atoms with Gasteiger partial charge in [-0.1, -0.05) is 35.9 Å². The molecule has 2 rings (SSSR count).